The third-order valence-electron chi connectivity index (χ3n) is 4.24. The summed E-state index contributed by atoms with van der Waals surface area (Å²) in [5, 5.41) is 0. The van der Waals surface area contributed by atoms with Crippen LogP contribution in [-0.2, 0) is 0 Å². The molecule has 0 radical (unpaired) electrons. The van der Waals surface area contributed by atoms with Crippen molar-refractivity contribution in [2.75, 3.05) is 0 Å². The molecule has 1 aliphatic carbocycles. The molecule has 0 saturated heterocycles. The maximum absolute atomic E-state index is 2.26. The van der Waals surface area contributed by atoms with E-state index in [1.165, 1.54) is 33.4 Å². The van der Waals surface area contributed by atoms with E-state index in [4.69, 9.17) is 0 Å². The van der Waals surface area contributed by atoms with Gasteiger partial charge in [-0.2, -0.15) is 0 Å². The minimum absolute atomic E-state index is 0.378. The Morgan fingerprint density at radius 3 is 1.65 bits per heavy atom. The highest BCUT2D eigenvalue weighted by molar-refractivity contribution is 5.80. The number of hydrogen-bond acceptors (Lipinski definition) is 0. The molecule has 0 aliphatic heterocycles. The van der Waals surface area contributed by atoms with Crippen LogP contribution in [0.2, 0.25) is 0 Å². The standard InChI is InChI=1S/C20H16/c1-14-10-12-15(13-11-14)20-18-8-4-2-6-16(18)17-7-3-5-9-19(17)20/h2-13,20H,1H3. The van der Waals surface area contributed by atoms with E-state index in [0.717, 1.165) is 0 Å². The Balaban J connectivity index is 1.97. The zero-order valence-corrected chi connectivity index (χ0v) is 11.5. The van der Waals surface area contributed by atoms with Crippen molar-refractivity contribution in [2.24, 2.45) is 0 Å². The van der Waals surface area contributed by atoms with Gasteiger partial charge in [-0.05, 0) is 34.7 Å². The van der Waals surface area contributed by atoms with Crippen molar-refractivity contribution in [2.45, 2.75) is 12.8 Å². The van der Waals surface area contributed by atoms with Gasteiger partial charge in [-0.3, -0.25) is 0 Å². The van der Waals surface area contributed by atoms with Gasteiger partial charge >= 0.3 is 0 Å². The zero-order valence-electron chi connectivity index (χ0n) is 11.5. The molecule has 0 fully saturated rings. The Hall–Kier alpha value is -2.34. The van der Waals surface area contributed by atoms with E-state index in [1.807, 2.05) is 0 Å². The van der Waals surface area contributed by atoms with E-state index >= 15 is 0 Å². The van der Waals surface area contributed by atoms with E-state index in [1.54, 1.807) is 0 Å². The molecule has 1 aliphatic rings. The molecule has 20 heavy (non-hydrogen) atoms. The second kappa shape index (κ2) is 4.35. The molecule has 0 amide bonds. The smallest absolute Gasteiger partial charge is 0.0352 e. The lowest BCUT2D eigenvalue weighted by Gasteiger charge is -2.14. The summed E-state index contributed by atoms with van der Waals surface area (Å²) < 4.78 is 0. The third kappa shape index (κ3) is 1.61. The lowest BCUT2D eigenvalue weighted by Crippen LogP contribution is -1.98. The first-order valence-electron chi connectivity index (χ1n) is 7.09. The molecule has 4 rings (SSSR count). The second-order valence-electron chi connectivity index (χ2n) is 5.52. The normalized spacial score (nSPS) is 13.1. The number of fused-ring (bicyclic) bond motifs is 3. The molecule has 0 N–H and O–H groups in total. The number of rotatable bonds is 1. The Morgan fingerprint density at radius 2 is 1.10 bits per heavy atom. The minimum atomic E-state index is 0.378. The minimum Gasteiger partial charge on any atom is -0.0619 e. The van der Waals surface area contributed by atoms with Crippen LogP contribution in [0.25, 0.3) is 11.1 Å². The lowest BCUT2D eigenvalue weighted by atomic mass is 9.89. The van der Waals surface area contributed by atoms with Gasteiger partial charge in [0.15, 0.2) is 0 Å². The van der Waals surface area contributed by atoms with Crippen LogP contribution in [-0.4, -0.2) is 0 Å². The van der Waals surface area contributed by atoms with E-state index in [9.17, 15) is 0 Å². The molecule has 0 heteroatoms. The first-order chi connectivity index (χ1) is 9.84. The predicted molar refractivity (Wildman–Crippen MR) is 84.0 cm³/mol. The third-order valence-corrected chi connectivity index (χ3v) is 4.24. The fourth-order valence-electron chi connectivity index (χ4n) is 3.27. The van der Waals surface area contributed by atoms with E-state index in [0.29, 0.717) is 5.92 Å². The van der Waals surface area contributed by atoms with Crippen molar-refractivity contribution in [1.29, 1.82) is 0 Å². The van der Waals surface area contributed by atoms with Gasteiger partial charge in [0.25, 0.3) is 0 Å². The highest BCUT2D eigenvalue weighted by atomic mass is 14.3. The highest BCUT2D eigenvalue weighted by Gasteiger charge is 2.28. The van der Waals surface area contributed by atoms with Crippen LogP contribution in [0.1, 0.15) is 28.2 Å². The van der Waals surface area contributed by atoms with Crippen LogP contribution >= 0.6 is 0 Å². The summed E-state index contributed by atoms with van der Waals surface area (Å²) in [5.74, 6) is 0.378. The molecule has 0 nitrogen and oxygen atoms in total. The van der Waals surface area contributed by atoms with Gasteiger partial charge in [0.2, 0.25) is 0 Å². The summed E-state index contributed by atoms with van der Waals surface area (Å²) >= 11 is 0. The molecular weight excluding hydrogens is 240 g/mol. The topological polar surface area (TPSA) is 0 Å². The fourth-order valence-corrected chi connectivity index (χ4v) is 3.27. The quantitative estimate of drug-likeness (QED) is 0.441. The summed E-state index contributed by atoms with van der Waals surface area (Å²) in [7, 11) is 0. The van der Waals surface area contributed by atoms with Crippen LogP contribution in [0.4, 0.5) is 0 Å². The first-order valence-corrected chi connectivity index (χ1v) is 7.09. The SMILES string of the molecule is Cc1ccc(C2c3ccccc3-c3ccccc32)cc1. The Morgan fingerprint density at radius 1 is 0.600 bits per heavy atom. The molecule has 0 bridgehead atoms. The van der Waals surface area contributed by atoms with Crippen LogP contribution < -0.4 is 0 Å². The van der Waals surface area contributed by atoms with Crippen LogP contribution in [0.3, 0.4) is 0 Å². The van der Waals surface area contributed by atoms with Gasteiger partial charge in [-0.15, -0.1) is 0 Å². The van der Waals surface area contributed by atoms with Crippen molar-refractivity contribution in [1.82, 2.24) is 0 Å². The summed E-state index contributed by atoms with van der Waals surface area (Å²) in [6, 6.07) is 26.5. The summed E-state index contributed by atoms with van der Waals surface area (Å²) in [5.41, 5.74) is 8.32. The monoisotopic (exact) mass is 256 g/mol. The zero-order chi connectivity index (χ0) is 13.5. The fraction of sp³-hybridized carbons (Fsp3) is 0.100. The van der Waals surface area contributed by atoms with Gasteiger partial charge in [0.1, 0.15) is 0 Å². The van der Waals surface area contributed by atoms with E-state index in [2.05, 4.69) is 79.7 Å². The molecule has 0 saturated carbocycles. The van der Waals surface area contributed by atoms with Crippen LogP contribution in [0, 0.1) is 6.92 Å². The largest absolute Gasteiger partial charge is 0.0619 e. The summed E-state index contributed by atoms with van der Waals surface area (Å²) in [6.07, 6.45) is 0. The van der Waals surface area contributed by atoms with Gasteiger partial charge < -0.3 is 0 Å². The van der Waals surface area contributed by atoms with Crippen molar-refractivity contribution in [3.63, 3.8) is 0 Å². The van der Waals surface area contributed by atoms with Gasteiger partial charge in [-0.25, -0.2) is 0 Å². The number of hydrogen-bond donors (Lipinski definition) is 0. The van der Waals surface area contributed by atoms with Crippen molar-refractivity contribution < 1.29 is 0 Å². The van der Waals surface area contributed by atoms with Gasteiger partial charge in [0.05, 0.1) is 0 Å². The molecule has 96 valence electrons. The van der Waals surface area contributed by atoms with Gasteiger partial charge in [-0.1, -0.05) is 78.4 Å². The number of benzene rings is 3. The highest BCUT2D eigenvalue weighted by Crippen LogP contribution is 2.47. The number of aryl methyl sites for hydroxylation is 1. The Kier molecular flexibility index (Phi) is 2.50. The molecule has 0 atom stereocenters. The van der Waals surface area contributed by atoms with Crippen molar-refractivity contribution in [3.8, 4) is 11.1 Å². The van der Waals surface area contributed by atoms with E-state index in [-0.39, 0.29) is 0 Å². The summed E-state index contributed by atoms with van der Waals surface area (Å²) in [4.78, 5) is 0. The first kappa shape index (κ1) is 11.5. The maximum Gasteiger partial charge on any atom is 0.0352 e. The predicted octanol–water partition coefficient (Wildman–Crippen LogP) is 5.16. The van der Waals surface area contributed by atoms with E-state index < -0.39 is 0 Å². The molecule has 0 heterocycles. The van der Waals surface area contributed by atoms with Crippen molar-refractivity contribution in [3.05, 3.63) is 95.1 Å². The lowest BCUT2D eigenvalue weighted by molar-refractivity contribution is 1.01. The van der Waals surface area contributed by atoms with Gasteiger partial charge in [0, 0.05) is 5.92 Å². The molecular formula is C20H16. The van der Waals surface area contributed by atoms with Crippen LogP contribution in [0.15, 0.2) is 72.8 Å². The second-order valence-corrected chi connectivity index (χ2v) is 5.52. The van der Waals surface area contributed by atoms with Crippen LogP contribution in [0.5, 0.6) is 0 Å². The van der Waals surface area contributed by atoms with Crippen molar-refractivity contribution >= 4 is 0 Å². The summed E-state index contributed by atoms with van der Waals surface area (Å²) in [6.45, 7) is 2.14. The Labute approximate surface area is 119 Å². The Bertz CT molecular complexity index is 721. The molecule has 0 unspecified atom stereocenters. The molecule has 0 spiro atoms. The maximum atomic E-state index is 2.26. The molecule has 0 aromatic heterocycles. The average molecular weight is 256 g/mol. The molecule has 3 aromatic rings. The average Bonchev–Trinajstić information content (AvgIpc) is 2.83. The molecule has 3 aromatic carbocycles.